The van der Waals surface area contributed by atoms with Gasteiger partial charge in [-0.3, -0.25) is 5.32 Å². The van der Waals surface area contributed by atoms with Crippen molar-refractivity contribution in [3.8, 4) is 6.07 Å². The maximum atomic E-state index is 11.9. The SMILES string of the molecule is CC1OC(C(CC#N)(NC(=O)OCc2ccccc2)C(=O)O)O1. The second-order valence-corrected chi connectivity index (χ2v) is 4.97. The Labute approximate surface area is 132 Å². The standard InChI is InChI=1S/C15H16N2O6/c1-10-22-13(23-10)15(7-8-16,12(18)19)17-14(20)21-9-11-5-3-2-4-6-11/h2-6,10,13H,7,9H2,1H3,(H,17,20)(H,18,19). The van der Waals surface area contributed by atoms with Crippen molar-refractivity contribution < 1.29 is 28.9 Å². The van der Waals surface area contributed by atoms with Gasteiger partial charge >= 0.3 is 12.1 Å². The molecule has 1 unspecified atom stereocenters. The van der Waals surface area contributed by atoms with Gasteiger partial charge in [0.25, 0.3) is 0 Å². The maximum Gasteiger partial charge on any atom is 0.408 e. The summed E-state index contributed by atoms with van der Waals surface area (Å²) in [5, 5.41) is 20.5. The van der Waals surface area contributed by atoms with E-state index < -0.39 is 36.6 Å². The van der Waals surface area contributed by atoms with Gasteiger partial charge in [0.1, 0.15) is 6.61 Å². The van der Waals surface area contributed by atoms with Crippen LogP contribution in [0.4, 0.5) is 4.79 Å². The van der Waals surface area contributed by atoms with Crippen molar-refractivity contribution in [1.82, 2.24) is 5.32 Å². The molecule has 1 atom stereocenters. The molecule has 2 N–H and O–H groups in total. The lowest BCUT2D eigenvalue weighted by Crippen LogP contribution is -2.68. The van der Waals surface area contributed by atoms with Gasteiger partial charge in [-0.15, -0.1) is 0 Å². The molecule has 1 aromatic rings. The summed E-state index contributed by atoms with van der Waals surface area (Å²) in [4.78, 5) is 23.5. The molecule has 0 bridgehead atoms. The van der Waals surface area contributed by atoms with Crippen LogP contribution in [0, 0.1) is 11.3 Å². The first-order valence-electron chi connectivity index (χ1n) is 6.88. The molecular weight excluding hydrogens is 304 g/mol. The number of alkyl carbamates (subject to hydrolysis) is 1. The van der Waals surface area contributed by atoms with E-state index in [9.17, 15) is 14.7 Å². The molecule has 122 valence electrons. The van der Waals surface area contributed by atoms with Crippen LogP contribution in [-0.2, 0) is 25.6 Å². The summed E-state index contributed by atoms with van der Waals surface area (Å²) < 4.78 is 15.3. The summed E-state index contributed by atoms with van der Waals surface area (Å²) in [6.07, 6.45) is -3.35. The number of nitriles is 1. The van der Waals surface area contributed by atoms with Crippen LogP contribution in [0.1, 0.15) is 18.9 Å². The van der Waals surface area contributed by atoms with E-state index in [0.717, 1.165) is 5.56 Å². The molecule has 23 heavy (non-hydrogen) atoms. The van der Waals surface area contributed by atoms with E-state index in [1.165, 1.54) is 0 Å². The number of carboxylic acid groups (broad SMARTS) is 1. The average molecular weight is 320 g/mol. The molecule has 1 heterocycles. The van der Waals surface area contributed by atoms with E-state index >= 15 is 0 Å². The molecule has 1 fully saturated rings. The highest BCUT2D eigenvalue weighted by Gasteiger charge is 2.55. The number of carbonyl (C=O) groups excluding carboxylic acids is 1. The van der Waals surface area contributed by atoms with Crippen molar-refractivity contribution in [2.75, 3.05) is 0 Å². The van der Waals surface area contributed by atoms with Crippen LogP contribution in [0.5, 0.6) is 0 Å². The topological polar surface area (TPSA) is 118 Å². The van der Waals surface area contributed by atoms with Crippen molar-refractivity contribution in [1.29, 1.82) is 5.26 Å². The maximum absolute atomic E-state index is 11.9. The van der Waals surface area contributed by atoms with E-state index in [-0.39, 0.29) is 6.61 Å². The number of ether oxygens (including phenoxy) is 3. The van der Waals surface area contributed by atoms with Gasteiger partial charge < -0.3 is 19.3 Å². The number of carbonyl (C=O) groups is 2. The highest BCUT2D eigenvalue weighted by Crippen LogP contribution is 2.30. The van der Waals surface area contributed by atoms with Crippen LogP contribution >= 0.6 is 0 Å². The second-order valence-electron chi connectivity index (χ2n) is 4.97. The summed E-state index contributed by atoms with van der Waals surface area (Å²) in [6.45, 7) is 1.54. The Morgan fingerprint density at radius 2 is 2.04 bits per heavy atom. The minimum atomic E-state index is -2.02. The van der Waals surface area contributed by atoms with Crippen LogP contribution in [0.15, 0.2) is 30.3 Å². The highest BCUT2D eigenvalue weighted by atomic mass is 16.9. The van der Waals surface area contributed by atoms with Gasteiger partial charge in [0.2, 0.25) is 5.54 Å². The van der Waals surface area contributed by atoms with Crippen LogP contribution in [0.3, 0.4) is 0 Å². The molecule has 0 spiro atoms. The van der Waals surface area contributed by atoms with Crippen molar-refractivity contribution in [3.05, 3.63) is 35.9 Å². The molecule has 2 rings (SSSR count). The second kappa shape index (κ2) is 7.09. The third kappa shape index (κ3) is 3.77. The predicted molar refractivity (Wildman–Crippen MR) is 75.8 cm³/mol. The Hall–Kier alpha value is -2.63. The van der Waals surface area contributed by atoms with Gasteiger partial charge in [-0.2, -0.15) is 5.26 Å². The van der Waals surface area contributed by atoms with Crippen LogP contribution in [-0.4, -0.2) is 35.3 Å². The quantitative estimate of drug-likeness (QED) is 0.812. The Bertz CT molecular complexity index is 608. The molecule has 8 heteroatoms. The number of benzene rings is 1. The lowest BCUT2D eigenvalue weighted by atomic mass is 9.94. The number of carboxylic acids is 1. The number of hydrogen-bond donors (Lipinski definition) is 2. The average Bonchev–Trinajstić information content (AvgIpc) is 2.50. The predicted octanol–water partition coefficient (Wildman–Crippen LogP) is 1.37. The van der Waals surface area contributed by atoms with Crippen molar-refractivity contribution >= 4 is 12.1 Å². The zero-order valence-electron chi connectivity index (χ0n) is 12.4. The Morgan fingerprint density at radius 1 is 1.39 bits per heavy atom. The molecule has 1 aromatic carbocycles. The number of nitrogens with one attached hydrogen (secondary N) is 1. The molecule has 1 saturated heterocycles. The summed E-state index contributed by atoms with van der Waals surface area (Å²) in [5.74, 6) is -1.44. The monoisotopic (exact) mass is 320 g/mol. The van der Waals surface area contributed by atoms with E-state index in [1.807, 2.05) is 6.07 Å². The fraction of sp³-hybridized carbons (Fsp3) is 0.400. The molecule has 0 aliphatic carbocycles. The number of hydrogen-bond acceptors (Lipinski definition) is 6. The van der Waals surface area contributed by atoms with Crippen molar-refractivity contribution in [2.24, 2.45) is 0 Å². The Kier molecular flexibility index (Phi) is 5.16. The van der Waals surface area contributed by atoms with Gasteiger partial charge in [-0.05, 0) is 12.5 Å². The summed E-state index contributed by atoms with van der Waals surface area (Å²) in [7, 11) is 0. The minimum absolute atomic E-state index is 0.0300. The molecule has 1 amide bonds. The van der Waals surface area contributed by atoms with Gasteiger partial charge in [-0.25, -0.2) is 9.59 Å². The molecule has 0 saturated carbocycles. The summed E-state index contributed by atoms with van der Waals surface area (Å²) in [5.41, 5.74) is -1.27. The lowest BCUT2D eigenvalue weighted by molar-refractivity contribution is -0.393. The van der Waals surface area contributed by atoms with E-state index in [4.69, 9.17) is 19.5 Å². The molecule has 0 radical (unpaired) electrons. The van der Waals surface area contributed by atoms with Gasteiger partial charge in [0.05, 0.1) is 12.5 Å². The number of amides is 1. The zero-order valence-corrected chi connectivity index (χ0v) is 12.4. The van der Waals surface area contributed by atoms with Gasteiger partial charge in [0, 0.05) is 0 Å². The lowest BCUT2D eigenvalue weighted by Gasteiger charge is -2.43. The van der Waals surface area contributed by atoms with E-state index in [0.29, 0.717) is 0 Å². The van der Waals surface area contributed by atoms with Gasteiger partial charge in [0.15, 0.2) is 12.6 Å². The fourth-order valence-electron chi connectivity index (χ4n) is 2.07. The third-order valence-electron chi connectivity index (χ3n) is 3.31. The van der Waals surface area contributed by atoms with Crippen LogP contribution < -0.4 is 5.32 Å². The largest absolute Gasteiger partial charge is 0.479 e. The molecule has 0 aromatic heterocycles. The molecule has 1 aliphatic heterocycles. The normalized spacial score (nSPS) is 22.1. The molecule has 8 nitrogen and oxygen atoms in total. The van der Waals surface area contributed by atoms with Crippen molar-refractivity contribution in [2.45, 2.75) is 38.1 Å². The first-order valence-corrected chi connectivity index (χ1v) is 6.88. The number of aliphatic carboxylic acids is 1. The Balaban J connectivity index is 2.03. The van der Waals surface area contributed by atoms with E-state index in [1.54, 1.807) is 37.3 Å². The minimum Gasteiger partial charge on any atom is -0.479 e. The molecular formula is C15H16N2O6. The third-order valence-corrected chi connectivity index (χ3v) is 3.31. The smallest absolute Gasteiger partial charge is 0.408 e. The summed E-state index contributed by atoms with van der Waals surface area (Å²) >= 11 is 0. The van der Waals surface area contributed by atoms with E-state index in [2.05, 4.69) is 5.32 Å². The van der Waals surface area contributed by atoms with Gasteiger partial charge in [-0.1, -0.05) is 30.3 Å². The van der Waals surface area contributed by atoms with Crippen LogP contribution in [0.25, 0.3) is 0 Å². The fourth-order valence-corrected chi connectivity index (χ4v) is 2.07. The highest BCUT2D eigenvalue weighted by molar-refractivity contribution is 5.85. The number of rotatable bonds is 6. The van der Waals surface area contributed by atoms with Crippen molar-refractivity contribution in [3.63, 3.8) is 0 Å². The number of nitrogens with zero attached hydrogens (tertiary/aromatic N) is 1. The Morgan fingerprint density at radius 3 is 2.57 bits per heavy atom. The first kappa shape index (κ1) is 16.7. The zero-order chi connectivity index (χ0) is 16.9. The molecule has 1 aliphatic rings. The van der Waals surface area contributed by atoms with Crippen LogP contribution in [0.2, 0.25) is 0 Å². The summed E-state index contributed by atoms with van der Waals surface area (Å²) in [6, 6.07) is 10.6. The first-order chi connectivity index (χ1) is 11.0.